The molecule has 2 heterocycles. The molecule has 2 aliphatic rings. The molecular formula is C16H19ClO3. The topological polar surface area (TPSA) is 35.5 Å². The fourth-order valence-electron chi connectivity index (χ4n) is 2.98. The van der Waals surface area contributed by atoms with E-state index < -0.39 is 0 Å². The van der Waals surface area contributed by atoms with Gasteiger partial charge >= 0.3 is 0 Å². The van der Waals surface area contributed by atoms with E-state index in [4.69, 9.17) is 21.1 Å². The Balaban J connectivity index is 1.66. The molecule has 1 atom stereocenters. The summed E-state index contributed by atoms with van der Waals surface area (Å²) in [5, 5.41) is 0.686. The molecule has 1 fully saturated rings. The second-order valence-electron chi connectivity index (χ2n) is 5.56. The zero-order valence-corrected chi connectivity index (χ0v) is 12.2. The summed E-state index contributed by atoms with van der Waals surface area (Å²) in [7, 11) is 0. The molecule has 3 rings (SSSR count). The van der Waals surface area contributed by atoms with E-state index in [1.54, 1.807) is 0 Å². The Morgan fingerprint density at radius 2 is 2.20 bits per heavy atom. The average molecular weight is 295 g/mol. The zero-order chi connectivity index (χ0) is 13.9. The fourth-order valence-corrected chi connectivity index (χ4v) is 3.25. The van der Waals surface area contributed by atoms with Gasteiger partial charge in [-0.05, 0) is 37.0 Å². The van der Waals surface area contributed by atoms with Crippen molar-refractivity contribution in [3.05, 3.63) is 28.3 Å². The Morgan fingerprint density at radius 3 is 3.00 bits per heavy atom. The minimum Gasteiger partial charge on any atom is -0.493 e. The van der Waals surface area contributed by atoms with Crippen LogP contribution in [-0.4, -0.2) is 25.1 Å². The number of ketones is 1. The molecule has 0 bridgehead atoms. The lowest BCUT2D eigenvalue weighted by atomic mass is 9.98. The quantitative estimate of drug-likeness (QED) is 0.854. The predicted octanol–water partition coefficient (Wildman–Crippen LogP) is 3.35. The maximum atomic E-state index is 12.2. The van der Waals surface area contributed by atoms with Gasteiger partial charge in [-0.3, -0.25) is 4.79 Å². The van der Waals surface area contributed by atoms with Crippen molar-refractivity contribution in [2.24, 2.45) is 0 Å². The molecule has 0 aromatic heterocycles. The molecule has 0 aliphatic carbocycles. The van der Waals surface area contributed by atoms with Crippen LogP contribution in [0.5, 0.6) is 5.75 Å². The van der Waals surface area contributed by atoms with Gasteiger partial charge in [-0.2, -0.15) is 0 Å². The lowest BCUT2D eigenvalue weighted by molar-refractivity contribution is -0.122. The number of benzene rings is 1. The first-order chi connectivity index (χ1) is 9.72. The summed E-state index contributed by atoms with van der Waals surface area (Å²) in [5.74, 6) is 1.07. The Labute approximate surface area is 124 Å². The first kappa shape index (κ1) is 13.9. The minimum atomic E-state index is 0.101. The van der Waals surface area contributed by atoms with Crippen LogP contribution in [0.3, 0.4) is 0 Å². The lowest BCUT2D eigenvalue weighted by Gasteiger charge is -2.21. The number of fused-ring (bicyclic) bond motifs is 1. The van der Waals surface area contributed by atoms with Crippen molar-refractivity contribution in [1.29, 1.82) is 0 Å². The van der Waals surface area contributed by atoms with Gasteiger partial charge in [0.1, 0.15) is 11.5 Å². The largest absolute Gasteiger partial charge is 0.493 e. The standard InChI is InChI=1S/C16H19ClO3/c17-13-7-11-4-6-20-16(11)12(8-13)9-14(18)10-15-3-1-2-5-19-15/h7-8,15H,1-6,9-10H2. The van der Waals surface area contributed by atoms with Crippen LogP contribution in [0.15, 0.2) is 12.1 Å². The van der Waals surface area contributed by atoms with E-state index in [0.717, 1.165) is 49.2 Å². The average Bonchev–Trinajstić information content (AvgIpc) is 2.88. The van der Waals surface area contributed by atoms with Gasteiger partial charge in [0.25, 0.3) is 0 Å². The third kappa shape index (κ3) is 3.15. The van der Waals surface area contributed by atoms with Crippen molar-refractivity contribution in [2.75, 3.05) is 13.2 Å². The number of Topliss-reactive ketones (excluding diaryl/α,β-unsaturated/α-hetero) is 1. The highest BCUT2D eigenvalue weighted by atomic mass is 35.5. The van der Waals surface area contributed by atoms with E-state index in [-0.39, 0.29) is 11.9 Å². The molecule has 4 heteroatoms. The molecule has 1 unspecified atom stereocenters. The van der Waals surface area contributed by atoms with Gasteiger partial charge in [0.15, 0.2) is 0 Å². The van der Waals surface area contributed by atoms with E-state index in [9.17, 15) is 4.79 Å². The number of rotatable bonds is 4. The van der Waals surface area contributed by atoms with Gasteiger partial charge in [0.2, 0.25) is 0 Å². The van der Waals surface area contributed by atoms with Crippen molar-refractivity contribution in [1.82, 2.24) is 0 Å². The summed E-state index contributed by atoms with van der Waals surface area (Å²) in [6.07, 6.45) is 5.14. The van der Waals surface area contributed by atoms with Crippen LogP contribution in [0.4, 0.5) is 0 Å². The summed E-state index contributed by atoms with van der Waals surface area (Å²) in [5.41, 5.74) is 2.04. The molecule has 108 valence electrons. The van der Waals surface area contributed by atoms with Gasteiger partial charge in [-0.25, -0.2) is 0 Å². The minimum absolute atomic E-state index is 0.101. The molecular weight excluding hydrogens is 276 g/mol. The van der Waals surface area contributed by atoms with E-state index in [1.807, 2.05) is 12.1 Å². The number of ether oxygens (including phenoxy) is 2. The Kier molecular flexibility index (Phi) is 4.27. The Hall–Kier alpha value is -1.06. The molecule has 1 aromatic carbocycles. The molecule has 1 aromatic rings. The first-order valence-corrected chi connectivity index (χ1v) is 7.67. The van der Waals surface area contributed by atoms with Gasteiger partial charge < -0.3 is 9.47 Å². The monoisotopic (exact) mass is 294 g/mol. The van der Waals surface area contributed by atoms with Crippen LogP contribution >= 0.6 is 11.6 Å². The number of hydrogen-bond donors (Lipinski definition) is 0. The highest BCUT2D eigenvalue weighted by Gasteiger charge is 2.22. The van der Waals surface area contributed by atoms with Crippen molar-refractivity contribution >= 4 is 17.4 Å². The van der Waals surface area contributed by atoms with Crippen molar-refractivity contribution in [2.45, 2.75) is 44.6 Å². The normalized spacial score (nSPS) is 21.4. The molecule has 0 amide bonds. The summed E-state index contributed by atoms with van der Waals surface area (Å²) in [6.45, 7) is 1.47. The molecule has 2 aliphatic heterocycles. The number of halogens is 1. The van der Waals surface area contributed by atoms with Crippen LogP contribution in [0, 0.1) is 0 Å². The van der Waals surface area contributed by atoms with Gasteiger partial charge in [-0.15, -0.1) is 0 Å². The van der Waals surface area contributed by atoms with Gasteiger partial charge in [0.05, 0.1) is 12.7 Å². The number of carbonyl (C=O) groups excluding carboxylic acids is 1. The van der Waals surface area contributed by atoms with Crippen LogP contribution in [0.1, 0.15) is 36.8 Å². The predicted molar refractivity (Wildman–Crippen MR) is 77.6 cm³/mol. The zero-order valence-electron chi connectivity index (χ0n) is 11.5. The van der Waals surface area contributed by atoms with Crippen LogP contribution in [-0.2, 0) is 22.4 Å². The van der Waals surface area contributed by atoms with Crippen LogP contribution in [0.2, 0.25) is 5.02 Å². The number of hydrogen-bond acceptors (Lipinski definition) is 3. The van der Waals surface area contributed by atoms with Crippen LogP contribution in [0.25, 0.3) is 0 Å². The molecule has 3 nitrogen and oxygen atoms in total. The second kappa shape index (κ2) is 6.15. The van der Waals surface area contributed by atoms with Crippen molar-refractivity contribution in [3.63, 3.8) is 0 Å². The highest BCUT2D eigenvalue weighted by Crippen LogP contribution is 2.33. The van der Waals surface area contributed by atoms with E-state index >= 15 is 0 Å². The SMILES string of the molecule is O=C(Cc1cc(Cl)cc2c1OCC2)CC1CCCCO1. The van der Waals surface area contributed by atoms with E-state index in [1.165, 1.54) is 0 Å². The smallest absolute Gasteiger partial charge is 0.139 e. The third-order valence-electron chi connectivity index (χ3n) is 3.94. The van der Waals surface area contributed by atoms with Crippen molar-refractivity contribution in [3.8, 4) is 5.75 Å². The number of carbonyl (C=O) groups is 1. The molecule has 20 heavy (non-hydrogen) atoms. The summed E-state index contributed by atoms with van der Waals surface area (Å²) in [6, 6.07) is 3.79. The first-order valence-electron chi connectivity index (χ1n) is 7.30. The maximum Gasteiger partial charge on any atom is 0.139 e. The molecule has 0 spiro atoms. The third-order valence-corrected chi connectivity index (χ3v) is 4.16. The highest BCUT2D eigenvalue weighted by molar-refractivity contribution is 6.30. The van der Waals surface area contributed by atoms with E-state index in [0.29, 0.717) is 24.5 Å². The Bertz CT molecular complexity index is 507. The molecule has 0 N–H and O–H groups in total. The van der Waals surface area contributed by atoms with Gasteiger partial charge in [0, 0.05) is 36.5 Å². The lowest BCUT2D eigenvalue weighted by Crippen LogP contribution is -2.23. The molecule has 0 saturated carbocycles. The summed E-state index contributed by atoms with van der Waals surface area (Å²) >= 11 is 6.11. The second-order valence-corrected chi connectivity index (χ2v) is 6.00. The van der Waals surface area contributed by atoms with Crippen LogP contribution < -0.4 is 4.74 Å². The fraction of sp³-hybridized carbons (Fsp3) is 0.562. The summed E-state index contributed by atoms with van der Waals surface area (Å²) < 4.78 is 11.3. The Morgan fingerprint density at radius 1 is 1.30 bits per heavy atom. The molecule has 0 radical (unpaired) electrons. The molecule has 1 saturated heterocycles. The maximum absolute atomic E-state index is 12.2. The summed E-state index contributed by atoms with van der Waals surface area (Å²) in [4.78, 5) is 12.2. The van der Waals surface area contributed by atoms with Gasteiger partial charge in [-0.1, -0.05) is 11.6 Å². The van der Waals surface area contributed by atoms with E-state index in [2.05, 4.69) is 0 Å². The van der Waals surface area contributed by atoms with Crippen molar-refractivity contribution < 1.29 is 14.3 Å².